The van der Waals surface area contributed by atoms with Crippen molar-refractivity contribution in [1.29, 1.82) is 0 Å². The number of rotatable bonds is 8. The summed E-state index contributed by atoms with van der Waals surface area (Å²) in [6.07, 6.45) is 1.24. The van der Waals surface area contributed by atoms with Crippen LogP contribution in [0.25, 0.3) is 0 Å². The minimum atomic E-state index is -1.27. The molecule has 5 rings (SSSR count). The van der Waals surface area contributed by atoms with Crippen molar-refractivity contribution in [2.45, 2.75) is 30.3 Å². The fraction of sp³-hybridized carbons (Fsp3) is 0.318. The van der Waals surface area contributed by atoms with Gasteiger partial charge in [-0.05, 0) is 37.5 Å². The largest absolute Gasteiger partial charge is 0.484 e. The number of anilines is 1. The van der Waals surface area contributed by atoms with Gasteiger partial charge in [0, 0.05) is 23.2 Å². The summed E-state index contributed by atoms with van der Waals surface area (Å²) in [4.78, 5) is 36.4. The van der Waals surface area contributed by atoms with Gasteiger partial charge in [-0.1, -0.05) is 11.6 Å². The summed E-state index contributed by atoms with van der Waals surface area (Å²) in [6, 6.07) is 5.13. The standard InChI is InChI=1S/C22H19ClF3N3O5/c23-13-2-1-11(3-14(13)24)34-7-19(32)28-21-8-22(9-21,10-21)29-20(33)12-4-15(25)16(26)5-17(12)27-18(31)6-30/h1-5,30H,6-10H2,(H,27,31)(H,28,32)(H,29,33). The van der Waals surface area contributed by atoms with E-state index in [0.717, 1.165) is 6.07 Å². The van der Waals surface area contributed by atoms with Crippen LogP contribution < -0.4 is 20.7 Å². The molecule has 3 saturated carbocycles. The van der Waals surface area contributed by atoms with Crippen LogP contribution in [0.1, 0.15) is 29.6 Å². The van der Waals surface area contributed by atoms with E-state index in [9.17, 15) is 27.6 Å². The van der Waals surface area contributed by atoms with Gasteiger partial charge in [0.1, 0.15) is 18.2 Å². The summed E-state index contributed by atoms with van der Waals surface area (Å²) < 4.78 is 46.0. The number of nitrogens with one attached hydrogen (secondary N) is 3. The monoisotopic (exact) mass is 497 g/mol. The fourth-order valence-electron chi connectivity index (χ4n) is 4.44. The zero-order chi connectivity index (χ0) is 24.7. The number of aliphatic hydroxyl groups is 1. The van der Waals surface area contributed by atoms with Gasteiger partial charge in [0.15, 0.2) is 18.2 Å². The molecule has 0 spiro atoms. The zero-order valence-electron chi connectivity index (χ0n) is 17.5. The lowest BCUT2D eigenvalue weighted by Crippen LogP contribution is -2.84. The van der Waals surface area contributed by atoms with Crippen LogP contribution in [0.15, 0.2) is 30.3 Å². The molecule has 180 valence electrons. The minimum Gasteiger partial charge on any atom is -0.484 e. The molecule has 3 amide bonds. The van der Waals surface area contributed by atoms with Gasteiger partial charge in [0.05, 0.1) is 16.3 Å². The van der Waals surface area contributed by atoms with Crippen LogP contribution in [0.2, 0.25) is 5.02 Å². The number of ether oxygens (including phenoxy) is 1. The van der Waals surface area contributed by atoms with Crippen molar-refractivity contribution in [2.75, 3.05) is 18.5 Å². The molecular formula is C22H19ClF3N3O5. The van der Waals surface area contributed by atoms with Crippen LogP contribution in [0.3, 0.4) is 0 Å². The number of amides is 3. The third-order valence-electron chi connectivity index (χ3n) is 5.80. The van der Waals surface area contributed by atoms with Crippen LogP contribution in [-0.2, 0) is 9.59 Å². The number of halogens is 4. The fourth-order valence-corrected chi connectivity index (χ4v) is 4.55. The van der Waals surface area contributed by atoms with E-state index < -0.39 is 52.9 Å². The molecular weight excluding hydrogens is 479 g/mol. The Hall–Kier alpha value is -3.31. The van der Waals surface area contributed by atoms with E-state index in [1.807, 2.05) is 0 Å². The lowest BCUT2D eigenvalue weighted by Gasteiger charge is -2.70. The number of hydrogen-bond donors (Lipinski definition) is 4. The number of carbonyl (C=O) groups excluding carboxylic acids is 3. The minimum absolute atomic E-state index is 0.0655. The molecule has 2 aromatic rings. The van der Waals surface area contributed by atoms with Gasteiger partial charge >= 0.3 is 0 Å². The highest BCUT2D eigenvalue weighted by Crippen LogP contribution is 2.60. The second-order valence-corrected chi connectivity index (χ2v) is 8.88. The van der Waals surface area contributed by atoms with Crippen LogP contribution in [0.5, 0.6) is 5.75 Å². The molecule has 3 aliphatic rings. The van der Waals surface area contributed by atoms with Crippen LogP contribution >= 0.6 is 11.6 Å². The second-order valence-electron chi connectivity index (χ2n) is 8.48. The third kappa shape index (κ3) is 4.66. The second kappa shape index (κ2) is 8.80. The van der Waals surface area contributed by atoms with E-state index in [1.54, 1.807) is 0 Å². The maximum absolute atomic E-state index is 13.7. The molecule has 8 nitrogen and oxygen atoms in total. The molecule has 3 fully saturated rings. The van der Waals surface area contributed by atoms with Gasteiger partial charge in [-0.25, -0.2) is 13.2 Å². The highest BCUT2D eigenvalue weighted by atomic mass is 35.5. The Labute approximate surface area is 196 Å². The van der Waals surface area contributed by atoms with E-state index in [2.05, 4.69) is 16.0 Å². The predicted octanol–water partition coefficient (Wildman–Crippen LogP) is 2.29. The first-order chi connectivity index (χ1) is 16.0. The van der Waals surface area contributed by atoms with Crippen molar-refractivity contribution < 1.29 is 37.4 Å². The molecule has 0 aromatic heterocycles. The Balaban J connectivity index is 1.31. The van der Waals surface area contributed by atoms with Gasteiger partial charge in [0.2, 0.25) is 5.91 Å². The predicted molar refractivity (Wildman–Crippen MR) is 114 cm³/mol. The third-order valence-corrected chi connectivity index (χ3v) is 6.10. The lowest BCUT2D eigenvalue weighted by molar-refractivity contribution is -0.141. The summed E-state index contributed by atoms with van der Waals surface area (Å²) in [5.41, 5.74) is -1.73. The summed E-state index contributed by atoms with van der Waals surface area (Å²) >= 11 is 5.60. The van der Waals surface area contributed by atoms with Crippen LogP contribution in [0, 0.1) is 17.5 Å². The smallest absolute Gasteiger partial charge is 0.258 e. The average molecular weight is 498 g/mol. The first-order valence-electron chi connectivity index (χ1n) is 10.1. The number of carbonyl (C=O) groups is 3. The lowest BCUT2D eigenvalue weighted by atomic mass is 9.44. The van der Waals surface area contributed by atoms with Gasteiger partial charge in [0.25, 0.3) is 11.8 Å². The molecule has 0 atom stereocenters. The number of hydrogen-bond acceptors (Lipinski definition) is 5. The molecule has 12 heteroatoms. The molecule has 4 N–H and O–H groups in total. The Morgan fingerprint density at radius 3 is 2.24 bits per heavy atom. The van der Waals surface area contributed by atoms with Gasteiger partial charge in [-0.3, -0.25) is 14.4 Å². The van der Waals surface area contributed by atoms with Crippen molar-refractivity contribution in [3.05, 3.63) is 58.4 Å². The Bertz CT molecular complexity index is 1170. The molecule has 0 heterocycles. The Kier molecular flexibility index (Phi) is 6.17. The average Bonchev–Trinajstić information content (AvgIpc) is 2.74. The molecule has 0 aliphatic heterocycles. The van der Waals surface area contributed by atoms with E-state index >= 15 is 0 Å². The summed E-state index contributed by atoms with van der Waals surface area (Å²) in [7, 11) is 0. The van der Waals surface area contributed by atoms with Crippen molar-refractivity contribution in [3.8, 4) is 5.75 Å². The summed E-state index contributed by atoms with van der Waals surface area (Å²) in [5, 5.41) is 16.5. The van der Waals surface area contributed by atoms with Crippen molar-refractivity contribution in [3.63, 3.8) is 0 Å². The van der Waals surface area contributed by atoms with Gasteiger partial charge < -0.3 is 25.8 Å². The maximum atomic E-state index is 13.7. The van der Waals surface area contributed by atoms with E-state index in [0.29, 0.717) is 31.4 Å². The quantitative estimate of drug-likeness (QED) is 0.446. The molecule has 2 aromatic carbocycles. The topological polar surface area (TPSA) is 117 Å². The van der Waals surface area contributed by atoms with E-state index in [4.69, 9.17) is 21.4 Å². The zero-order valence-corrected chi connectivity index (χ0v) is 18.3. The molecule has 2 bridgehead atoms. The number of aliphatic hydroxyl groups excluding tert-OH is 1. The molecule has 0 unspecified atom stereocenters. The van der Waals surface area contributed by atoms with Gasteiger partial charge in [-0.15, -0.1) is 0 Å². The summed E-state index contributed by atoms with van der Waals surface area (Å²) in [6.45, 7) is -1.24. The molecule has 3 aliphatic carbocycles. The molecule has 34 heavy (non-hydrogen) atoms. The van der Waals surface area contributed by atoms with Crippen molar-refractivity contribution in [2.24, 2.45) is 0 Å². The van der Waals surface area contributed by atoms with Gasteiger partial charge in [-0.2, -0.15) is 0 Å². The first kappa shape index (κ1) is 23.8. The maximum Gasteiger partial charge on any atom is 0.258 e. The highest BCUT2D eigenvalue weighted by Gasteiger charge is 2.69. The highest BCUT2D eigenvalue weighted by molar-refractivity contribution is 6.30. The first-order valence-corrected chi connectivity index (χ1v) is 10.5. The van der Waals surface area contributed by atoms with Crippen molar-refractivity contribution in [1.82, 2.24) is 10.6 Å². The summed E-state index contributed by atoms with van der Waals surface area (Å²) in [5.74, 6) is -5.11. The Morgan fingerprint density at radius 1 is 0.941 bits per heavy atom. The normalized spacial score (nSPS) is 22.1. The Morgan fingerprint density at radius 2 is 1.59 bits per heavy atom. The van der Waals surface area contributed by atoms with Crippen LogP contribution in [-0.4, -0.2) is 47.1 Å². The number of benzene rings is 2. The van der Waals surface area contributed by atoms with Crippen molar-refractivity contribution >= 4 is 35.0 Å². The van der Waals surface area contributed by atoms with E-state index in [1.165, 1.54) is 12.1 Å². The molecule has 0 saturated heterocycles. The van der Waals surface area contributed by atoms with E-state index in [-0.39, 0.29) is 28.6 Å². The SMILES string of the molecule is O=C(CO)Nc1cc(F)c(F)cc1C(=O)NC12CC(NC(=O)COc3ccc(Cl)c(F)c3)(C1)C2. The van der Waals surface area contributed by atoms with Crippen LogP contribution in [0.4, 0.5) is 18.9 Å². The molecule has 0 radical (unpaired) electrons.